The van der Waals surface area contributed by atoms with Crippen LogP contribution in [0.15, 0.2) is 34.5 Å². The molecule has 10 heteroatoms. The van der Waals surface area contributed by atoms with E-state index in [9.17, 15) is 13.2 Å². The van der Waals surface area contributed by atoms with Crippen LogP contribution in [0.2, 0.25) is 4.34 Å². The Hall–Kier alpha value is -1.81. The smallest absolute Gasteiger partial charge is 0.252 e. The Balaban J connectivity index is 1.37. The van der Waals surface area contributed by atoms with Gasteiger partial charge in [0.1, 0.15) is 4.21 Å². The summed E-state index contributed by atoms with van der Waals surface area (Å²) in [6, 6.07) is 8.32. The monoisotopic (exact) mass is 428 g/mol. The van der Waals surface area contributed by atoms with E-state index in [-0.39, 0.29) is 22.8 Å². The molecule has 2 aromatic rings. The molecule has 1 aromatic heterocycles. The molecule has 0 unspecified atom stereocenters. The number of sulfonamides is 1. The number of thiophene rings is 1. The molecule has 1 amide bonds. The Kier molecular flexibility index (Phi) is 5.02. The number of anilines is 1. The fraction of sp³-hybridized carbons (Fsp3) is 0.353. The number of carbonyl (C=O) groups is 1. The van der Waals surface area contributed by atoms with Gasteiger partial charge in [0.25, 0.3) is 10.0 Å². The molecule has 0 radical (unpaired) electrons. The first kappa shape index (κ1) is 18.5. The molecule has 0 aliphatic carbocycles. The molecule has 0 bridgehead atoms. The second-order valence-electron chi connectivity index (χ2n) is 6.29. The third-order valence-corrected chi connectivity index (χ3v) is 8.20. The van der Waals surface area contributed by atoms with Crippen LogP contribution in [0.4, 0.5) is 5.69 Å². The van der Waals surface area contributed by atoms with Crippen molar-refractivity contribution in [3.05, 3.63) is 34.7 Å². The lowest BCUT2D eigenvalue weighted by Crippen LogP contribution is -2.41. The number of piperidine rings is 1. The number of halogens is 1. The Morgan fingerprint density at radius 1 is 1.15 bits per heavy atom. The molecule has 1 aromatic carbocycles. The van der Waals surface area contributed by atoms with Crippen LogP contribution in [0.25, 0.3) is 0 Å². The van der Waals surface area contributed by atoms with Crippen molar-refractivity contribution in [2.75, 3.05) is 25.2 Å². The van der Waals surface area contributed by atoms with Crippen LogP contribution in [0.5, 0.6) is 11.5 Å². The van der Waals surface area contributed by atoms with Gasteiger partial charge in [-0.2, -0.15) is 4.31 Å². The summed E-state index contributed by atoms with van der Waals surface area (Å²) in [6.45, 7) is 0.781. The zero-order valence-corrected chi connectivity index (χ0v) is 16.6. The highest BCUT2D eigenvalue weighted by Crippen LogP contribution is 2.35. The van der Waals surface area contributed by atoms with Crippen molar-refractivity contribution in [1.29, 1.82) is 0 Å². The van der Waals surface area contributed by atoms with Gasteiger partial charge in [-0.15, -0.1) is 11.3 Å². The molecular weight excluding hydrogens is 412 g/mol. The molecule has 0 atom stereocenters. The predicted octanol–water partition coefficient (Wildman–Crippen LogP) is 3.17. The standard InChI is InChI=1S/C17H17ClN2O5S2/c18-15-3-4-16(26-15)27(22,23)20-7-5-11(6-8-20)17(21)19-12-1-2-13-14(9-12)25-10-24-13/h1-4,9,11H,5-8,10H2,(H,19,21). The Labute approximate surface area is 165 Å². The van der Waals surface area contributed by atoms with Crippen LogP contribution >= 0.6 is 22.9 Å². The zero-order valence-electron chi connectivity index (χ0n) is 14.2. The molecule has 2 aliphatic heterocycles. The largest absolute Gasteiger partial charge is 0.454 e. The molecule has 27 heavy (non-hydrogen) atoms. The van der Waals surface area contributed by atoms with Gasteiger partial charge >= 0.3 is 0 Å². The van der Waals surface area contributed by atoms with E-state index in [1.165, 1.54) is 10.4 Å². The number of carbonyl (C=O) groups excluding carboxylic acids is 1. The van der Waals surface area contributed by atoms with Crippen LogP contribution in [0.1, 0.15) is 12.8 Å². The molecule has 144 valence electrons. The van der Waals surface area contributed by atoms with E-state index < -0.39 is 10.0 Å². The van der Waals surface area contributed by atoms with Gasteiger partial charge in [0.05, 0.1) is 4.34 Å². The van der Waals surface area contributed by atoms with E-state index in [1.54, 1.807) is 24.3 Å². The fourth-order valence-corrected chi connectivity index (χ4v) is 6.25. The van der Waals surface area contributed by atoms with E-state index >= 15 is 0 Å². The predicted molar refractivity (Wildman–Crippen MR) is 102 cm³/mol. The number of nitrogens with zero attached hydrogens (tertiary/aromatic N) is 1. The minimum atomic E-state index is -3.55. The normalized spacial score (nSPS) is 17.8. The molecule has 1 saturated heterocycles. The lowest BCUT2D eigenvalue weighted by Gasteiger charge is -2.30. The molecule has 1 N–H and O–H groups in total. The Morgan fingerprint density at radius 2 is 1.89 bits per heavy atom. The van der Waals surface area contributed by atoms with E-state index in [2.05, 4.69) is 5.32 Å². The van der Waals surface area contributed by atoms with Crippen molar-refractivity contribution in [3.8, 4) is 11.5 Å². The summed E-state index contributed by atoms with van der Waals surface area (Å²) >= 11 is 6.89. The number of hydrogen-bond acceptors (Lipinski definition) is 6. The lowest BCUT2D eigenvalue weighted by atomic mass is 9.97. The number of benzene rings is 1. The lowest BCUT2D eigenvalue weighted by molar-refractivity contribution is -0.120. The second-order valence-corrected chi connectivity index (χ2v) is 10.2. The highest BCUT2D eigenvalue weighted by Gasteiger charge is 2.33. The highest BCUT2D eigenvalue weighted by atomic mass is 35.5. The van der Waals surface area contributed by atoms with Gasteiger partial charge in [-0.1, -0.05) is 11.6 Å². The highest BCUT2D eigenvalue weighted by molar-refractivity contribution is 7.91. The first-order valence-electron chi connectivity index (χ1n) is 8.39. The maximum Gasteiger partial charge on any atom is 0.252 e. The molecule has 1 fully saturated rings. The van der Waals surface area contributed by atoms with Crippen molar-refractivity contribution < 1.29 is 22.7 Å². The van der Waals surface area contributed by atoms with Crippen LogP contribution in [0, 0.1) is 5.92 Å². The summed E-state index contributed by atoms with van der Waals surface area (Å²) in [4.78, 5) is 12.5. The number of rotatable bonds is 4. The number of nitrogens with one attached hydrogen (secondary N) is 1. The average Bonchev–Trinajstić information content (AvgIpc) is 3.30. The van der Waals surface area contributed by atoms with Gasteiger partial charge in [0.15, 0.2) is 11.5 Å². The van der Waals surface area contributed by atoms with E-state index in [0.717, 1.165) is 11.3 Å². The van der Waals surface area contributed by atoms with Crippen LogP contribution in [0.3, 0.4) is 0 Å². The van der Waals surface area contributed by atoms with Crippen molar-refractivity contribution in [3.63, 3.8) is 0 Å². The van der Waals surface area contributed by atoms with E-state index in [0.29, 0.717) is 47.5 Å². The SMILES string of the molecule is O=C(Nc1ccc2c(c1)OCO2)C1CCN(S(=O)(=O)c2ccc(Cl)s2)CC1. The number of amides is 1. The Bertz CT molecular complexity index is 967. The fourth-order valence-electron chi connectivity index (χ4n) is 3.14. The molecule has 2 aliphatic rings. The first-order valence-corrected chi connectivity index (χ1v) is 11.0. The van der Waals surface area contributed by atoms with Gasteiger partial charge in [0, 0.05) is 30.8 Å². The summed E-state index contributed by atoms with van der Waals surface area (Å²) < 4.78 is 37.9. The molecule has 4 rings (SSSR count). The van der Waals surface area contributed by atoms with Crippen molar-refractivity contribution in [2.45, 2.75) is 17.1 Å². The molecule has 7 nitrogen and oxygen atoms in total. The third-order valence-electron chi connectivity index (χ3n) is 4.61. The van der Waals surface area contributed by atoms with Gasteiger partial charge in [-0.05, 0) is 37.1 Å². The second kappa shape index (κ2) is 7.31. The third kappa shape index (κ3) is 3.77. The number of fused-ring (bicyclic) bond motifs is 1. The van der Waals surface area contributed by atoms with Crippen LogP contribution in [-0.2, 0) is 14.8 Å². The summed E-state index contributed by atoms with van der Waals surface area (Å²) in [7, 11) is -3.55. The minimum absolute atomic E-state index is 0.120. The molecule has 0 spiro atoms. The summed E-state index contributed by atoms with van der Waals surface area (Å²) in [5, 5.41) is 2.87. The summed E-state index contributed by atoms with van der Waals surface area (Å²) in [5.41, 5.74) is 0.632. The number of hydrogen-bond donors (Lipinski definition) is 1. The quantitative estimate of drug-likeness (QED) is 0.808. The number of ether oxygens (including phenoxy) is 2. The van der Waals surface area contributed by atoms with Crippen LogP contribution < -0.4 is 14.8 Å². The maximum atomic E-state index is 12.6. The molecule has 3 heterocycles. The van der Waals surface area contributed by atoms with Crippen molar-refractivity contribution >= 4 is 44.6 Å². The van der Waals surface area contributed by atoms with Gasteiger partial charge < -0.3 is 14.8 Å². The van der Waals surface area contributed by atoms with E-state index in [1.807, 2.05) is 0 Å². The maximum absolute atomic E-state index is 12.6. The minimum Gasteiger partial charge on any atom is -0.454 e. The van der Waals surface area contributed by atoms with Gasteiger partial charge in [0.2, 0.25) is 12.7 Å². The molecular formula is C17H17ClN2O5S2. The zero-order chi connectivity index (χ0) is 19.0. The van der Waals surface area contributed by atoms with Crippen molar-refractivity contribution in [1.82, 2.24) is 4.31 Å². The van der Waals surface area contributed by atoms with Gasteiger partial charge in [-0.3, -0.25) is 4.79 Å². The summed E-state index contributed by atoms with van der Waals surface area (Å²) in [5.74, 6) is 0.891. The Morgan fingerprint density at radius 3 is 2.59 bits per heavy atom. The summed E-state index contributed by atoms with van der Waals surface area (Å²) in [6.07, 6.45) is 0.934. The molecule has 0 saturated carbocycles. The van der Waals surface area contributed by atoms with Crippen molar-refractivity contribution in [2.24, 2.45) is 5.92 Å². The topological polar surface area (TPSA) is 84.9 Å². The first-order chi connectivity index (χ1) is 12.9. The van der Waals surface area contributed by atoms with Crippen LogP contribution in [-0.4, -0.2) is 38.5 Å². The van der Waals surface area contributed by atoms with E-state index in [4.69, 9.17) is 21.1 Å². The van der Waals surface area contributed by atoms with Gasteiger partial charge in [-0.25, -0.2) is 8.42 Å². The average molecular weight is 429 g/mol.